The Morgan fingerprint density at radius 3 is 2.43 bits per heavy atom. The number of thiophene rings is 1. The van der Waals surface area contributed by atoms with Crippen molar-refractivity contribution in [3.63, 3.8) is 0 Å². The number of sulfonamides is 1. The van der Waals surface area contributed by atoms with Gasteiger partial charge in [-0.15, -0.1) is 35.3 Å². The SMILES string of the molecule is CCNC(=NCc1cccc(CS(=O)(=O)NC)c1)NCc1ccc(CC)s1.I. The summed E-state index contributed by atoms with van der Waals surface area (Å²) in [6.45, 7) is 6.17. The standard InChI is InChI=1S/C19H28N4O2S2.HI/c1-4-17-9-10-18(26-17)13-23-19(21-5-2)22-12-15-7-6-8-16(11-15)14-27(24,25)20-3;/h6-11,20H,4-5,12-14H2,1-3H3,(H2,21,22,23);1H. The predicted molar refractivity (Wildman–Crippen MR) is 129 cm³/mol. The van der Waals surface area contributed by atoms with Gasteiger partial charge in [-0.1, -0.05) is 31.2 Å². The third-order valence-electron chi connectivity index (χ3n) is 3.92. The molecule has 6 nitrogen and oxygen atoms in total. The Kier molecular flexibility index (Phi) is 11.0. The van der Waals surface area contributed by atoms with E-state index in [1.807, 2.05) is 42.5 Å². The van der Waals surface area contributed by atoms with Crippen molar-refractivity contribution in [2.75, 3.05) is 13.6 Å². The molecule has 0 amide bonds. The lowest BCUT2D eigenvalue weighted by Gasteiger charge is -2.11. The molecule has 0 atom stereocenters. The van der Waals surface area contributed by atoms with Crippen LogP contribution in [0.5, 0.6) is 0 Å². The van der Waals surface area contributed by atoms with Crippen molar-refractivity contribution in [3.05, 3.63) is 57.3 Å². The first-order valence-electron chi connectivity index (χ1n) is 9.04. The molecule has 1 aromatic heterocycles. The summed E-state index contributed by atoms with van der Waals surface area (Å²) in [5, 5.41) is 6.59. The lowest BCUT2D eigenvalue weighted by atomic mass is 10.1. The maximum Gasteiger partial charge on any atom is 0.215 e. The number of aryl methyl sites for hydroxylation is 1. The summed E-state index contributed by atoms with van der Waals surface area (Å²) >= 11 is 1.81. The molecule has 0 radical (unpaired) electrons. The second-order valence-electron chi connectivity index (χ2n) is 6.05. The fraction of sp³-hybridized carbons (Fsp3) is 0.421. The van der Waals surface area contributed by atoms with E-state index in [0.717, 1.165) is 36.6 Å². The van der Waals surface area contributed by atoms with Crippen LogP contribution in [0.3, 0.4) is 0 Å². The highest BCUT2D eigenvalue weighted by atomic mass is 127. The van der Waals surface area contributed by atoms with Crippen LogP contribution in [0.1, 0.15) is 34.7 Å². The molecule has 0 aliphatic heterocycles. The molecule has 2 rings (SSSR count). The fourth-order valence-electron chi connectivity index (χ4n) is 2.50. The Labute approximate surface area is 189 Å². The fourth-order valence-corrected chi connectivity index (χ4v) is 4.16. The van der Waals surface area contributed by atoms with Crippen LogP contribution < -0.4 is 15.4 Å². The van der Waals surface area contributed by atoms with Gasteiger partial charge in [0.1, 0.15) is 0 Å². The average Bonchev–Trinajstić information content (AvgIpc) is 3.12. The predicted octanol–water partition coefficient (Wildman–Crippen LogP) is 3.23. The molecular weight excluding hydrogens is 507 g/mol. The molecule has 0 bridgehead atoms. The third-order valence-corrected chi connectivity index (χ3v) is 6.48. The summed E-state index contributed by atoms with van der Waals surface area (Å²) in [5.41, 5.74) is 1.72. The van der Waals surface area contributed by atoms with E-state index in [0.29, 0.717) is 6.54 Å². The zero-order valence-corrected chi connectivity index (χ0v) is 20.5. The lowest BCUT2D eigenvalue weighted by molar-refractivity contribution is 0.587. The minimum atomic E-state index is -3.28. The molecule has 0 aliphatic rings. The van der Waals surface area contributed by atoms with Crippen molar-refractivity contribution in [2.24, 2.45) is 4.99 Å². The maximum absolute atomic E-state index is 11.7. The van der Waals surface area contributed by atoms with Crippen LogP contribution in [-0.2, 0) is 35.3 Å². The molecular formula is C19H29IN4O2S2. The summed E-state index contributed by atoms with van der Waals surface area (Å²) in [6.07, 6.45) is 1.05. The molecule has 0 saturated heterocycles. The van der Waals surface area contributed by atoms with Crippen LogP contribution in [0.15, 0.2) is 41.4 Å². The number of guanidine groups is 1. The van der Waals surface area contributed by atoms with Crippen LogP contribution in [0.25, 0.3) is 0 Å². The molecule has 0 fully saturated rings. The highest BCUT2D eigenvalue weighted by Gasteiger charge is 2.09. The quantitative estimate of drug-likeness (QED) is 0.261. The van der Waals surface area contributed by atoms with E-state index in [2.05, 4.69) is 39.4 Å². The van der Waals surface area contributed by atoms with Crippen molar-refractivity contribution in [3.8, 4) is 0 Å². The molecule has 9 heteroatoms. The Morgan fingerprint density at radius 2 is 1.79 bits per heavy atom. The first-order valence-corrected chi connectivity index (χ1v) is 11.5. The van der Waals surface area contributed by atoms with Gasteiger partial charge >= 0.3 is 0 Å². The number of hydrogen-bond donors (Lipinski definition) is 3. The van der Waals surface area contributed by atoms with Gasteiger partial charge in [-0.3, -0.25) is 0 Å². The van der Waals surface area contributed by atoms with Crippen molar-refractivity contribution in [1.29, 1.82) is 0 Å². The van der Waals surface area contributed by atoms with Crippen LogP contribution in [0, 0.1) is 0 Å². The van der Waals surface area contributed by atoms with E-state index < -0.39 is 10.0 Å². The Hall–Kier alpha value is -1.17. The van der Waals surface area contributed by atoms with Crippen LogP contribution in [0.4, 0.5) is 0 Å². The van der Waals surface area contributed by atoms with E-state index in [1.54, 1.807) is 0 Å². The highest BCUT2D eigenvalue weighted by Crippen LogP contribution is 2.16. The van der Waals surface area contributed by atoms with Crippen LogP contribution >= 0.6 is 35.3 Å². The Morgan fingerprint density at radius 1 is 1.07 bits per heavy atom. The van der Waals surface area contributed by atoms with E-state index in [9.17, 15) is 8.42 Å². The minimum Gasteiger partial charge on any atom is -0.357 e. The van der Waals surface area contributed by atoms with Crippen molar-refractivity contribution in [2.45, 2.75) is 39.1 Å². The molecule has 3 N–H and O–H groups in total. The average molecular weight is 537 g/mol. The summed E-state index contributed by atoms with van der Waals surface area (Å²) in [7, 11) is -1.85. The molecule has 1 heterocycles. The normalized spacial score (nSPS) is 11.8. The molecule has 0 aliphatic carbocycles. The van der Waals surface area contributed by atoms with Gasteiger partial charge in [0.05, 0.1) is 18.8 Å². The molecule has 0 unspecified atom stereocenters. The van der Waals surface area contributed by atoms with Gasteiger partial charge in [0.25, 0.3) is 0 Å². The van der Waals surface area contributed by atoms with E-state index >= 15 is 0 Å². The summed E-state index contributed by atoms with van der Waals surface area (Å²) in [6, 6.07) is 11.8. The second kappa shape index (κ2) is 12.4. The number of rotatable bonds is 9. The molecule has 0 saturated carbocycles. The van der Waals surface area contributed by atoms with Gasteiger partial charge in [0.2, 0.25) is 10.0 Å². The van der Waals surface area contributed by atoms with Crippen LogP contribution in [0.2, 0.25) is 0 Å². The molecule has 28 heavy (non-hydrogen) atoms. The number of aliphatic imine (C=N–C) groups is 1. The maximum atomic E-state index is 11.7. The van der Waals surface area contributed by atoms with Crippen LogP contribution in [-0.4, -0.2) is 28.0 Å². The van der Waals surface area contributed by atoms with Gasteiger partial charge in [-0.05, 0) is 43.7 Å². The number of nitrogens with zero attached hydrogens (tertiary/aromatic N) is 1. The molecule has 0 spiro atoms. The van der Waals surface area contributed by atoms with Crippen molar-refractivity contribution < 1.29 is 8.42 Å². The van der Waals surface area contributed by atoms with Gasteiger partial charge in [-0.2, -0.15) is 0 Å². The topological polar surface area (TPSA) is 82.6 Å². The zero-order valence-electron chi connectivity index (χ0n) is 16.5. The molecule has 1 aromatic carbocycles. The van der Waals surface area contributed by atoms with Gasteiger partial charge in [-0.25, -0.2) is 18.1 Å². The largest absolute Gasteiger partial charge is 0.357 e. The Bertz CT molecular complexity index is 866. The van der Waals surface area contributed by atoms with E-state index in [-0.39, 0.29) is 29.7 Å². The third kappa shape index (κ3) is 8.46. The number of hydrogen-bond acceptors (Lipinski definition) is 4. The number of benzene rings is 1. The van der Waals surface area contributed by atoms with Crippen molar-refractivity contribution in [1.82, 2.24) is 15.4 Å². The zero-order chi connectivity index (χ0) is 19.7. The number of halogens is 1. The lowest BCUT2D eigenvalue weighted by Crippen LogP contribution is -2.36. The Balaban J connectivity index is 0.00000392. The molecule has 2 aromatic rings. The highest BCUT2D eigenvalue weighted by molar-refractivity contribution is 14.0. The number of nitrogens with one attached hydrogen (secondary N) is 3. The minimum absolute atomic E-state index is 0. The van der Waals surface area contributed by atoms with Gasteiger partial charge in [0.15, 0.2) is 5.96 Å². The first kappa shape index (κ1) is 24.9. The van der Waals surface area contributed by atoms with Gasteiger partial charge in [0, 0.05) is 16.3 Å². The molecule has 156 valence electrons. The smallest absolute Gasteiger partial charge is 0.215 e. The van der Waals surface area contributed by atoms with E-state index in [4.69, 9.17) is 0 Å². The summed E-state index contributed by atoms with van der Waals surface area (Å²) < 4.78 is 25.8. The monoisotopic (exact) mass is 536 g/mol. The second-order valence-corrected chi connectivity index (χ2v) is 9.23. The van der Waals surface area contributed by atoms with Gasteiger partial charge < -0.3 is 10.6 Å². The summed E-state index contributed by atoms with van der Waals surface area (Å²) in [5.74, 6) is 0.717. The first-order chi connectivity index (χ1) is 13.0. The summed E-state index contributed by atoms with van der Waals surface area (Å²) in [4.78, 5) is 7.27. The van der Waals surface area contributed by atoms with Crippen molar-refractivity contribution >= 4 is 51.3 Å². The van der Waals surface area contributed by atoms with E-state index in [1.165, 1.54) is 16.8 Å².